The smallest absolute Gasteiger partial charge is 0.407 e. The normalized spacial score (nSPS) is 16.3. The number of fused-ring (bicyclic) bond motifs is 1. The molecule has 1 unspecified atom stereocenters. The van der Waals surface area contributed by atoms with Crippen LogP contribution in [-0.4, -0.2) is 47.4 Å². The van der Waals surface area contributed by atoms with Crippen molar-refractivity contribution in [1.82, 2.24) is 15.1 Å². The maximum absolute atomic E-state index is 14.1. The van der Waals surface area contributed by atoms with Gasteiger partial charge in [0.05, 0.1) is 24.7 Å². The molecule has 1 saturated heterocycles. The molecule has 1 N–H and O–H groups in total. The van der Waals surface area contributed by atoms with E-state index in [-0.39, 0.29) is 25.0 Å². The Kier molecular flexibility index (Phi) is 9.82. The average molecular weight is 622 g/mol. The number of nitrogens with one attached hydrogen (secondary N) is 1. The minimum atomic E-state index is -4.44. The van der Waals surface area contributed by atoms with Crippen molar-refractivity contribution in [2.24, 2.45) is 0 Å². The van der Waals surface area contributed by atoms with Gasteiger partial charge in [-0.1, -0.05) is 48.5 Å². The molecule has 5 rings (SSSR count). The first kappa shape index (κ1) is 32.1. The molecule has 1 amide bonds. The van der Waals surface area contributed by atoms with Crippen molar-refractivity contribution < 1.29 is 32.2 Å². The van der Waals surface area contributed by atoms with Crippen LogP contribution in [0.25, 0.3) is 22.0 Å². The molecule has 1 atom stereocenters. The van der Waals surface area contributed by atoms with Gasteiger partial charge in [0.15, 0.2) is 6.23 Å². The van der Waals surface area contributed by atoms with Gasteiger partial charge in [0.25, 0.3) is 0 Å². The number of alkyl halides is 3. The summed E-state index contributed by atoms with van der Waals surface area (Å²) in [5, 5.41) is 8.03. The molecule has 0 spiro atoms. The van der Waals surface area contributed by atoms with Crippen LogP contribution in [0.1, 0.15) is 69.4 Å². The number of alkyl carbamates (subject to hydrolysis) is 1. The summed E-state index contributed by atoms with van der Waals surface area (Å²) in [7, 11) is 0. The highest BCUT2D eigenvalue weighted by Gasteiger charge is 2.32. The minimum absolute atomic E-state index is 0.158. The third-order valence-electron chi connectivity index (χ3n) is 7.30. The summed E-state index contributed by atoms with van der Waals surface area (Å²) in [5.41, 5.74) is 2.65. The van der Waals surface area contributed by atoms with Crippen LogP contribution < -0.4 is 10.1 Å². The van der Waals surface area contributed by atoms with Gasteiger partial charge >= 0.3 is 12.3 Å². The average Bonchev–Trinajstić information content (AvgIpc) is 3.43. The Balaban J connectivity index is 1.48. The molecular formula is C35H38F3N3O4. The van der Waals surface area contributed by atoms with Gasteiger partial charge in [-0.2, -0.15) is 18.3 Å². The fourth-order valence-corrected chi connectivity index (χ4v) is 5.40. The van der Waals surface area contributed by atoms with E-state index in [4.69, 9.17) is 14.2 Å². The lowest BCUT2D eigenvalue weighted by Crippen LogP contribution is -2.34. The van der Waals surface area contributed by atoms with Crippen LogP contribution in [0.4, 0.5) is 18.0 Å². The van der Waals surface area contributed by atoms with Gasteiger partial charge in [-0.05, 0) is 92.1 Å². The fraction of sp³-hybridized carbons (Fsp3) is 0.371. The van der Waals surface area contributed by atoms with Crippen LogP contribution in [0.2, 0.25) is 0 Å². The fourth-order valence-electron chi connectivity index (χ4n) is 5.40. The first-order chi connectivity index (χ1) is 21.5. The van der Waals surface area contributed by atoms with E-state index < -0.39 is 24.3 Å². The highest BCUT2D eigenvalue weighted by molar-refractivity contribution is 6.00. The van der Waals surface area contributed by atoms with Gasteiger partial charge in [-0.3, -0.25) is 0 Å². The van der Waals surface area contributed by atoms with Crippen LogP contribution in [0.3, 0.4) is 0 Å². The van der Waals surface area contributed by atoms with Crippen LogP contribution in [0, 0.1) is 0 Å². The number of halogens is 3. The summed E-state index contributed by atoms with van der Waals surface area (Å²) in [5.74, 6) is 0.519. The Morgan fingerprint density at radius 1 is 0.978 bits per heavy atom. The molecule has 45 heavy (non-hydrogen) atoms. The molecule has 1 aliphatic rings. The van der Waals surface area contributed by atoms with E-state index in [0.29, 0.717) is 34.6 Å². The molecule has 238 valence electrons. The Morgan fingerprint density at radius 3 is 2.38 bits per heavy atom. The second kappa shape index (κ2) is 13.8. The Bertz CT molecular complexity index is 1620. The molecule has 2 heterocycles. The van der Waals surface area contributed by atoms with E-state index in [0.717, 1.165) is 30.2 Å². The van der Waals surface area contributed by atoms with E-state index in [2.05, 4.69) is 10.4 Å². The number of nitrogens with zero attached hydrogens (tertiary/aromatic N) is 2. The first-order valence-corrected chi connectivity index (χ1v) is 15.1. The molecule has 1 fully saturated rings. The van der Waals surface area contributed by atoms with Crippen molar-refractivity contribution in [3.05, 3.63) is 95.7 Å². The summed E-state index contributed by atoms with van der Waals surface area (Å²) in [4.78, 5) is 11.9. The number of allylic oxidation sites excluding steroid dienone is 1. The molecule has 1 aliphatic heterocycles. The molecule has 7 nitrogen and oxygen atoms in total. The van der Waals surface area contributed by atoms with Gasteiger partial charge in [0.2, 0.25) is 0 Å². The van der Waals surface area contributed by atoms with Gasteiger partial charge in [-0.15, -0.1) is 0 Å². The lowest BCUT2D eigenvalue weighted by Gasteiger charge is -2.23. The van der Waals surface area contributed by atoms with Gasteiger partial charge in [-0.25, -0.2) is 9.48 Å². The Hall–Kier alpha value is -4.31. The summed E-state index contributed by atoms with van der Waals surface area (Å²) < 4.78 is 61.1. The SMILES string of the molecule is CC(C)(C)OC(=O)NCCOc1ccc(/C(=C(/CC(F)(F)F)c2ccccc2)c2ccc3c(cnn3C3CCCCO3)c2)cc1. The van der Waals surface area contributed by atoms with E-state index >= 15 is 0 Å². The highest BCUT2D eigenvalue weighted by Crippen LogP contribution is 2.40. The largest absolute Gasteiger partial charge is 0.492 e. The van der Waals surface area contributed by atoms with E-state index in [1.54, 1.807) is 81.6 Å². The highest BCUT2D eigenvalue weighted by atomic mass is 19.4. The molecule has 1 aromatic heterocycles. The molecule has 10 heteroatoms. The monoisotopic (exact) mass is 621 g/mol. The lowest BCUT2D eigenvalue weighted by molar-refractivity contribution is -0.122. The number of benzene rings is 3. The van der Waals surface area contributed by atoms with E-state index in [1.165, 1.54) is 0 Å². The Morgan fingerprint density at radius 2 is 1.71 bits per heavy atom. The number of amides is 1. The number of ether oxygens (including phenoxy) is 3. The van der Waals surface area contributed by atoms with Crippen LogP contribution in [-0.2, 0) is 9.47 Å². The molecule has 4 aromatic rings. The van der Waals surface area contributed by atoms with E-state index in [9.17, 15) is 18.0 Å². The van der Waals surface area contributed by atoms with Crippen molar-refractivity contribution in [2.75, 3.05) is 19.8 Å². The maximum atomic E-state index is 14.1. The number of hydrogen-bond donors (Lipinski definition) is 1. The van der Waals surface area contributed by atoms with Gasteiger partial charge in [0, 0.05) is 12.0 Å². The molecule has 0 saturated carbocycles. The van der Waals surface area contributed by atoms with Gasteiger partial charge < -0.3 is 19.5 Å². The minimum Gasteiger partial charge on any atom is -0.492 e. The summed E-state index contributed by atoms with van der Waals surface area (Å²) >= 11 is 0. The standard InChI is InChI=1S/C35H38F3N3O4/c1-34(2,3)45-33(42)39-18-20-43-28-15-12-25(13-16-28)32(29(22-35(36,37)38)24-9-5-4-6-10-24)26-14-17-30-27(21-26)23-40-41(30)31-11-7-8-19-44-31/h4-6,9-10,12-17,21,23,31H,7-8,11,18-20,22H2,1-3H3,(H,39,42)/b32-29+. The predicted octanol–water partition coefficient (Wildman–Crippen LogP) is 8.55. The number of aromatic nitrogens is 2. The summed E-state index contributed by atoms with van der Waals surface area (Å²) in [6.45, 7) is 6.43. The molecule has 0 aliphatic carbocycles. The molecule has 3 aromatic carbocycles. The Labute approximate surface area is 261 Å². The number of carbonyl (C=O) groups excluding carboxylic acids is 1. The number of hydrogen-bond acceptors (Lipinski definition) is 5. The molecule has 0 radical (unpaired) electrons. The quantitative estimate of drug-likeness (QED) is 0.150. The third kappa shape index (κ3) is 8.66. The summed E-state index contributed by atoms with van der Waals surface area (Å²) in [6, 6.07) is 21.3. The van der Waals surface area contributed by atoms with Crippen molar-refractivity contribution in [3.8, 4) is 5.75 Å². The first-order valence-electron chi connectivity index (χ1n) is 15.1. The van der Waals surface area contributed by atoms with Crippen molar-refractivity contribution in [3.63, 3.8) is 0 Å². The third-order valence-corrected chi connectivity index (χ3v) is 7.30. The van der Waals surface area contributed by atoms with Crippen LogP contribution in [0.15, 0.2) is 79.0 Å². The topological polar surface area (TPSA) is 74.6 Å². The molecular weight excluding hydrogens is 583 g/mol. The van der Waals surface area contributed by atoms with Gasteiger partial charge in [0.1, 0.15) is 18.0 Å². The zero-order valence-corrected chi connectivity index (χ0v) is 25.7. The zero-order valence-electron chi connectivity index (χ0n) is 25.7. The second-order valence-electron chi connectivity index (χ2n) is 12.0. The van der Waals surface area contributed by atoms with Crippen LogP contribution in [0.5, 0.6) is 5.75 Å². The number of carbonyl (C=O) groups is 1. The van der Waals surface area contributed by atoms with Crippen molar-refractivity contribution in [1.29, 1.82) is 0 Å². The predicted molar refractivity (Wildman–Crippen MR) is 168 cm³/mol. The van der Waals surface area contributed by atoms with Crippen molar-refractivity contribution in [2.45, 2.75) is 64.5 Å². The van der Waals surface area contributed by atoms with E-state index in [1.807, 2.05) is 22.9 Å². The summed E-state index contributed by atoms with van der Waals surface area (Å²) in [6.07, 6.45) is -1.57. The number of rotatable bonds is 9. The lowest BCUT2D eigenvalue weighted by atomic mass is 9.87. The maximum Gasteiger partial charge on any atom is 0.407 e. The van der Waals surface area contributed by atoms with Crippen molar-refractivity contribution >= 4 is 28.1 Å². The van der Waals surface area contributed by atoms with Crippen LogP contribution >= 0.6 is 0 Å². The molecule has 0 bridgehead atoms. The zero-order chi connectivity index (χ0) is 32.0. The second-order valence-corrected chi connectivity index (χ2v) is 12.0.